The lowest BCUT2D eigenvalue weighted by atomic mass is 9.80. The summed E-state index contributed by atoms with van der Waals surface area (Å²) in [6, 6.07) is 1.97. The summed E-state index contributed by atoms with van der Waals surface area (Å²) in [6.07, 6.45) is 3.46. The molecule has 1 saturated carbocycles. The molecule has 0 bridgehead atoms. The van der Waals surface area contributed by atoms with Crippen LogP contribution in [0.4, 0.5) is 0 Å². The molecular formula is C8H13NO. The van der Waals surface area contributed by atoms with Gasteiger partial charge >= 0.3 is 0 Å². The minimum Gasteiger partial charge on any atom is -0.375 e. The van der Waals surface area contributed by atoms with Crippen molar-refractivity contribution in [1.29, 1.82) is 5.26 Å². The van der Waals surface area contributed by atoms with E-state index >= 15 is 0 Å². The predicted molar refractivity (Wildman–Crippen MR) is 38.2 cm³/mol. The lowest BCUT2D eigenvalue weighted by molar-refractivity contribution is 0.0390. The van der Waals surface area contributed by atoms with Gasteiger partial charge in [-0.2, -0.15) is 5.26 Å². The first-order valence-electron chi connectivity index (χ1n) is 3.80. The van der Waals surface area contributed by atoms with Gasteiger partial charge in [0.25, 0.3) is 0 Å². The summed E-state index contributed by atoms with van der Waals surface area (Å²) in [5.74, 6) is 0.512. The first-order valence-corrected chi connectivity index (χ1v) is 3.80. The van der Waals surface area contributed by atoms with Crippen molar-refractivity contribution in [3.05, 3.63) is 0 Å². The van der Waals surface area contributed by atoms with E-state index in [-0.39, 0.29) is 0 Å². The van der Waals surface area contributed by atoms with Crippen molar-refractivity contribution >= 4 is 0 Å². The highest BCUT2D eigenvalue weighted by Gasteiger charge is 2.31. The molecule has 0 aromatic carbocycles. The molecule has 1 aliphatic rings. The molecule has 0 saturated heterocycles. The number of hydrogen-bond donors (Lipinski definition) is 1. The van der Waals surface area contributed by atoms with Crippen molar-refractivity contribution in [2.24, 2.45) is 5.92 Å². The molecule has 2 heteroatoms. The fourth-order valence-corrected chi connectivity index (χ4v) is 1.63. The van der Waals surface area contributed by atoms with E-state index in [1.54, 1.807) is 0 Å². The van der Waals surface area contributed by atoms with Gasteiger partial charge in [-0.25, -0.2) is 0 Å². The molecule has 0 spiro atoms. The van der Waals surface area contributed by atoms with Gasteiger partial charge in [0, 0.05) is 0 Å². The van der Waals surface area contributed by atoms with Gasteiger partial charge in [-0.1, -0.05) is 13.3 Å². The molecule has 0 unspecified atom stereocenters. The Hall–Kier alpha value is -0.550. The van der Waals surface area contributed by atoms with Crippen molar-refractivity contribution in [3.8, 4) is 6.07 Å². The maximum atomic E-state index is 9.49. The van der Waals surface area contributed by atoms with Gasteiger partial charge in [0.2, 0.25) is 0 Å². The van der Waals surface area contributed by atoms with Crippen LogP contribution in [0.1, 0.15) is 32.6 Å². The molecule has 0 aromatic rings. The molecule has 1 N–H and O–H groups in total. The molecule has 0 radical (unpaired) electrons. The Labute approximate surface area is 61.5 Å². The summed E-state index contributed by atoms with van der Waals surface area (Å²) in [4.78, 5) is 0. The Bertz CT molecular complexity index is 161. The van der Waals surface area contributed by atoms with Crippen molar-refractivity contribution < 1.29 is 5.11 Å². The van der Waals surface area contributed by atoms with Crippen LogP contribution in [-0.2, 0) is 0 Å². The van der Waals surface area contributed by atoms with E-state index in [4.69, 9.17) is 5.26 Å². The van der Waals surface area contributed by atoms with Gasteiger partial charge in [-0.15, -0.1) is 0 Å². The Morgan fingerprint density at radius 2 is 2.40 bits per heavy atom. The van der Waals surface area contributed by atoms with E-state index in [0.29, 0.717) is 18.8 Å². The highest BCUT2D eigenvalue weighted by molar-refractivity contribution is 5.02. The molecule has 2 nitrogen and oxygen atoms in total. The van der Waals surface area contributed by atoms with Crippen LogP contribution < -0.4 is 0 Å². The molecule has 1 rings (SSSR count). The van der Waals surface area contributed by atoms with Crippen molar-refractivity contribution in [1.82, 2.24) is 0 Å². The van der Waals surface area contributed by atoms with Crippen LogP contribution in [0.3, 0.4) is 0 Å². The summed E-state index contributed by atoms with van der Waals surface area (Å²) < 4.78 is 0. The van der Waals surface area contributed by atoms with Gasteiger partial charge in [0.1, 0.15) is 0 Å². The third kappa shape index (κ3) is 1.48. The quantitative estimate of drug-likeness (QED) is 0.516. The molecule has 0 amide bonds. The van der Waals surface area contributed by atoms with Crippen LogP contribution in [0.15, 0.2) is 0 Å². The average molecular weight is 139 g/mol. The average Bonchev–Trinajstić information content (AvgIpc) is 1.88. The second-order valence-electron chi connectivity index (χ2n) is 3.34. The van der Waals surface area contributed by atoms with Gasteiger partial charge in [0.15, 0.2) is 5.60 Å². The summed E-state index contributed by atoms with van der Waals surface area (Å²) >= 11 is 0. The van der Waals surface area contributed by atoms with Crippen LogP contribution in [0.5, 0.6) is 0 Å². The summed E-state index contributed by atoms with van der Waals surface area (Å²) in [7, 11) is 0. The number of nitrogens with zero attached hydrogens (tertiary/aromatic N) is 1. The molecule has 1 fully saturated rings. The van der Waals surface area contributed by atoms with Crippen LogP contribution in [-0.4, -0.2) is 10.7 Å². The van der Waals surface area contributed by atoms with Gasteiger partial charge in [-0.05, 0) is 25.2 Å². The van der Waals surface area contributed by atoms with E-state index in [9.17, 15) is 5.11 Å². The van der Waals surface area contributed by atoms with Crippen LogP contribution in [0.2, 0.25) is 0 Å². The van der Waals surface area contributed by atoms with E-state index in [2.05, 4.69) is 6.92 Å². The fraction of sp³-hybridized carbons (Fsp3) is 0.875. The van der Waals surface area contributed by atoms with Gasteiger partial charge in [-0.3, -0.25) is 0 Å². The van der Waals surface area contributed by atoms with Crippen molar-refractivity contribution in [2.75, 3.05) is 0 Å². The maximum Gasteiger partial charge on any atom is 0.151 e. The van der Waals surface area contributed by atoms with E-state index in [0.717, 1.165) is 12.8 Å². The molecule has 0 heterocycles. The predicted octanol–water partition coefficient (Wildman–Crippen LogP) is 1.45. The SMILES string of the molecule is C[C@H]1CCC[C@](O)(C#N)C1. The monoisotopic (exact) mass is 139 g/mol. The molecule has 2 atom stereocenters. The van der Waals surface area contributed by atoms with Crippen molar-refractivity contribution in [2.45, 2.75) is 38.2 Å². The molecule has 1 aliphatic carbocycles. The normalized spacial score (nSPS) is 40.7. The number of nitriles is 1. The minimum absolute atomic E-state index is 0.512. The molecule has 0 aromatic heterocycles. The third-order valence-electron chi connectivity index (χ3n) is 2.18. The number of aliphatic hydroxyl groups is 1. The van der Waals surface area contributed by atoms with Gasteiger partial charge < -0.3 is 5.11 Å². The third-order valence-corrected chi connectivity index (χ3v) is 2.18. The largest absolute Gasteiger partial charge is 0.375 e. The molecule has 0 aliphatic heterocycles. The Morgan fingerprint density at radius 1 is 1.70 bits per heavy atom. The summed E-state index contributed by atoms with van der Waals surface area (Å²) in [5, 5.41) is 18.1. The fourth-order valence-electron chi connectivity index (χ4n) is 1.63. The zero-order chi connectivity index (χ0) is 7.61. The molecule has 56 valence electrons. The summed E-state index contributed by atoms with van der Waals surface area (Å²) in [6.45, 7) is 2.08. The van der Waals surface area contributed by atoms with Crippen LogP contribution >= 0.6 is 0 Å². The first-order chi connectivity index (χ1) is 4.66. The van der Waals surface area contributed by atoms with Crippen molar-refractivity contribution in [3.63, 3.8) is 0 Å². The maximum absolute atomic E-state index is 9.49. The Morgan fingerprint density at radius 3 is 2.80 bits per heavy atom. The zero-order valence-corrected chi connectivity index (χ0v) is 6.30. The minimum atomic E-state index is -1.00. The highest BCUT2D eigenvalue weighted by atomic mass is 16.3. The van der Waals surface area contributed by atoms with Crippen LogP contribution in [0.25, 0.3) is 0 Å². The van der Waals surface area contributed by atoms with Gasteiger partial charge in [0.05, 0.1) is 6.07 Å². The number of hydrogen-bond acceptors (Lipinski definition) is 2. The summed E-state index contributed by atoms with van der Waals surface area (Å²) in [5.41, 5.74) is -1.00. The zero-order valence-electron chi connectivity index (χ0n) is 6.30. The second-order valence-corrected chi connectivity index (χ2v) is 3.34. The van der Waals surface area contributed by atoms with E-state index < -0.39 is 5.60 Å². The standard InChI is InChI=1S/C8H13NO/c1-7-3-2-4-8(10,5-7)6-9/h7,10H,2-5H2,1H3/t7-,8+/m0/s1. The van der Waals surface area contributed by atoms with E-state index in [1.165, 1.54) is 0 Å². The molecular weight excluding hydrogens is 126 g/mol. The first kappa shape index (κ1) is 7.56. The number of rotatable bonds is 0. The lowest BCUT2D eigenvalue weighted by Crippen LogP contribution is -2.32. The highest BCUT2D eigenvalue weighted by Crippen LogP contribution is 2.31. The van der Waals surface area contributed by atoms with Crippen LogP contribution in [0, 0.1) is 17.2 Å². The Kier molecular flexibility index (Phi) is 1.96. The second kappa shape index (κ2) is 2.59. The smallest absolute Gasteiger partial charge is 0.151 e. The Balaban J connectivity index is 2.56. The lowest BCUT2D eigenvalue weighted by Gasteiger charge is -2.29. The molecule has 10 heavy (non-hydrogen) atoms. The topological polar surface area (TPSA) is 44.0 Å². The van der Waals surface area contributed by atoms with E-state index in [1.807, 2.05) is 6.07 Å².